The predicted molar refractivity (Wildman–Crippen MR) is 71.1 cm³/mol. The molecule has 1 aliphatic heterocycles. The van der Waals surface area contributed by atoms with Gasteiger partial charge < -0.3 is 5.11 Å². The molecule has 1 N–H and O–H groups in total. The summed E-state index contributed by atoms with van der Waals surface area (Å²) >= 11 is 1.51. The van der Waals surface area contributed by atoms with E-state index >= 15 is 0 Å². The molecule has 1 fully saturated rings. The van der Waals surface area contributed by atoms with Crippen LogP contribution >= 0.6 is 11.8 Å². The zero-order valence-electron chi connectivity index (χ0n) is 10.8. The van der Waals surface area contributed by atoms with E-state index in [0.717, 1.165) is 0 Å². The first-order valence-corrected chi connectivity index (χ1v) is 7.57. The zero-order chi connectivity index (χ0) is 13.3. The lowest BCUT2D eigenvalue weighted by molar-refractivity contribution is -0.143. The number of amides is 2. The second-order valence-electron chi connectivity index (χ2n) is 5.35. The summed E-state index contributed by atoms with van der Waals surface area (Å²) in [6.07, 6.45) is 7.13. The van der Waals surface area contributed by atoms with E-state index in [1.807, 2.05) is 18.4 Å². The number of carbonyl (C=O) groups is 2. The van der Waals surface area contributed by atoms with Crippen molar-refractivity contribution in [2.24, 2.45) is 11.8 Å². The number of carbonyl (C=O) groups excluding carboxylic acids is 2. The summed E-state index contributed by atoms with van der Waals surface area (Å²) in [6, 6.07) is 0. The molecule has 2 aliphatic rings. The van der Waals surface area contributed by atoms with Crippen LogP contribution in [0.2, 0.25) is 0 Å². The van der Waals surface area contributed by atoms with Crippen molar-refractivity contribution in [2.75, 3.05) is 18.6 Å². The van der Waals surface area contributed by atoms with Gasteiger partial charge in [-0.1, -0.05) is 12.2 Å². The first-order chi connectivity index (χ1) is 8.46. The van der Waals surface area contributed by atoms with Gasteiger partial charge in [-0.2, -0.15) is 11.8 Å². The van der Waals surface area contributed by atoms with Crippen LogP contribution in [0.5, 0.6) is 0 Å². The summed E-state index contributed by atoms with van der Waals surface area (Å²) in [6.45, 7) is 1.78. The van der Waals surface area contributed by atoms with E-state index in [9.17, 15) is 14.7 Å². The largest absolute Gasteiger partial charge is 0.387 e. The van der Waals surface area contributed by atoms with Gasteiger partial charge in [0.15, 0.2) is 0 Å². The molecule has 0 aromatic rings. The van der Waals surface area contributed by atoms with Crippen LogP contribution in [0.4, 0.5) is 0 Å². The van der Waals surface area contributed by atoms with Crippen LogP contribution in [0, 0.1) is 11.8 Å². The fourth-order valence-corrected chi connectivity index (χ4v) is 3.44. The van der Waals surface area contributed by atoms with Crippen molar-refractivity contribution in [2.45, 2.75) is 25.4 Å². The molecule has 1 saturated heterocycles. The molecule has 0 aromatic heterocycles. The van der Waals surface area contributed by atoms with E-state index in [4.69, 9.17) is 0 Å². The van der Waals surface area contributed by atoms with E-state index in [-0.39, 0.29) is 30.2 Å². The third kappa shape index (κ3) is 2.47. The van der Waals surface area contributed by atoms with Crippen LogP contribution in [-0.2, 0) is 9.59 Å². The van der Waals surface area contributed by atoms with Crippen LogP contribution < -0.4 is 0 Å². The van der Waals surface area contributed by atoms with E-state index in [1.54, 1.807) is 6.92 Å². The van der Waals surface area contributed by atoms with Crippen molar-refractivity contribution in [1.82, 2.24) is 4.90 Å². The summed E-state index contributed by atoms with van der Waals surface area (Å²) in [4.78, 5) is 25.6. The summed E-state index contributed by atoms with van der Waals surface area (Å²) in [5.74, 6) is -0.121. The normalized spacial score (nSPS) is 30.5. The molecule has 0 bridgehead atoms. The molecule has 2 amide bonds. The lowest BCUT2D eigenvalue weighted by atomic mass is 9.85. The highest BCUT2D eigenvalue weighted by Gasteiger charge is 2.48. The van der Waals surface area contributed by atoms with Gasteiger partial charge in [0.2, 0.25) is 11.8 Å². The molecule has 0 aromatic carbocycles. The molecular formula is C13H19NO3S. The number of hydrogen-bond acceptors (Lipinski definition) is 4. The van der Waals surface area contributed by atoms with Crippen molar-refractivity contribution >= 4 is 23.6 Å². The third-order valence-corrected chi connectivity index (χ3v) is 4.46. The fourth-order valence-electron chi connectivity index (χ4n) is 2.72. The zero-order valence-corrected chi connectivity index (χ0v) is 11.6. The number of aliphatic hydroxyl groups is 1. The monoisotopic (exact) mass is 269 g/mol. The average Bonchev–Trinajstić information content (AvgIpc) is 2.55. The van der Waals surface area contributed by atoms with E-state index in [1.165, 1.54) is 16.7 Å². The van der Waals surface area contributed by atoms with Crippen LogP contribution in [0.1, 0.15) is 19.8 Å². The van der Waals surface area contributed by atoms with Gasteiger partial charge in [0.1, 0.15) is 0 Å². The number of likely N-dealkylation sites (tertiary alicyclic amines) is 1. The Kier molecular flexibility index (Phi) is 3.82. The van der Waals surface area contributed by atoms with Gasteiger partial charge in [-0.25, -0.2) is 0 Å². The standard InChI is InChI=1S/C13H19NO3S/c1-13(17,8-18-2)7-14-11(15)9-5-3-4-6-10(9)12(14)16/h3-4,9-10,17H,5-8H2,1-2H3/t9-,10+,13?. The molecule has 3 atom stereocenters. The number of thioether (sulfide) groups is 1. The van der Waals surface area contributed by atoms with Gasteiger partial charge in [-0.3, -0.25) is 14.5 Å². The van der Waals surface area contributed by atoms with Crippen molar-refractivity contribution in [3.05, 3.63) is 12.2 Å². The maximum atomic E-state index is 12.2. The fraction of sp³-hybridized carbons (Fsp3) is 0.692. The van der Waals surface area contributed by atoms with Crippen LogP contribution in [0.15, 0.2) is 12.2 Å². The van der Waals surface area contributed by atoms with Gasteiger partial charge in [0.25, 0.3) is 0 Å². The first-order valence-electron chi connectivity index (χ1n) is 6.18. The molecule has 2 rings (SSSR count). The maximum Gasteiger partial charge on any atom is 0.233 e. The number of allylic oxidation sites excluding steroid dienone is 2. The summed E-state index contributed by atoms with van der Waals surface area (Å²) in [7, 11) is 0. The van der Waals surface area contributed by atoms with Gasteiger partial charge >= 0.3 is 0 Å². The first kappa shape index (κ1) is 13.6. The van der Waals surface area contributed by atoms with Gasteiger partial charge in [0.05, 0.1) is 24.0 Å². The van der Waals surface area contributed by atoms with E-state index < -0.39 is 5.60 Å². The third-order valence-electron chi connectivity index (χ3n) is 3.55. The van der Waals surface area contributed by atoms with Crippen molar-refractivity contribution in [1.29, 1.82) is 0 Å². The highest BCUT2D eigenvalue weighted by molar-refractivity contribution is 7.98. The van der Waals surface area contributed by atoms with Gasteiger partial charge in [0, 0.05) is 5.75 Å². The Hall–Kier alpha value is -0.810. The van der Waals surface area contributed by atoms with Crippen LogP contribution in [-0.4, -0.2) is 46.0 Å². The smallest absolute Gasteiger partial charge is 0.233 e. The van der Waals surface area contributed by atoms with Crippen molar-refractivity contribution in [3.8, 4) is 0 Å². The Morgan fingerprint density at radius 3 is 2.28 bits per heavy atom. The second-order valence-corrected chi connectivity index (χ2v) is 6.21. The van der Waals surface area contributed by atoms with E-state index in [2.05, 4.69) is 0 Å². The molecule has 100 valence electrons. The summed E-state index contributed by atoms with van der Waals surface area (Å²) in [5.41, 5.74) is -1.01. The van der Waals surface area contributed by atoms with Gasteiger partial charge in [-0.05, 0) is 26.0 Å². The number of rotatable bonds is 4. The number of imide groups is 1. The molecule has 1 heterocycles. The van der Waals surface area contributed by atoms with Crippen molar-refractivity contribution in [3.63, 3.8) is 0 Å². The predicted octanol–water partition coefficient (Wildman–Crippen LogP) is 1.05. The quantitative estimate of drug-likeness (QED) is 0.612. The lowest BCUT2D eigenvalue weighted by Gasteiger charge is -2.27. The van der Waals surface area contributed by atoms with E-state index in [0.29, 0.717) is 18.6 Å². The van der Waals surface area contributed by atoms with Gasteiger partial charge in [-0.15, -0.1) is 0 Å². The molecule has 0 radical (unpaired) electrons. The van der Waals surface area contributed by atoms with Crippen LogP contribution in [0.3, 0.4) is 0 Å². The Morgan fingerprint density at radius 2 is 1.83 bits per heavy atom. The molecule has 0 saturated carbocycles. The molecule has 1 aliphatic carbocycles. The minimum atomic E-state index is -1.01. The Balaban J connectivity index is 2.11. The SMILES string of the molecule is CSCC(C)(O)CN1C(=O)[C@H]2CC=CC[C@H]2C1=O. The molecule has 1 unspecified atom stereocenters. The van der Waals surface area contributed by atoms with Crippen LogP contribution in [0.25, 0.3) is 0 Å². The summed E-state index contributed by atoms with van der Waals surface area (Å²) in [5, 5.41) is 10.2. The highest BCUT2D eigenvalue weighted by atomic mass is 32.2. The topological polar surface area (TPSA) is 57.6 Å². The molecule has 5 heteroatoms. The second kappa shape index (κ2) is 5.05. The highest BCUT2D eigenvalue weighted by Crippen LogP contribution is 2.35. The number of β-amino-alcohol motifs (C(OH)–C–C–N with tert-alkyl or cyclic N) is 1. The maximum absolute atomic E-state index is 12.2. The minimum Gasteiger partial charge on any atom is -0.387 e. The number of nitrogens with zero attached hydrogens (tertiary/aromatic N) is 1. The Bertz CT molecular complexity index is 366. The van der Waals surface area contributed by atoms with Crippen molar-refractivity contribution < 1.29 is 14.7 Å². The minimum absolute atomic E-state index is 0.110. The average molecular weight is 269 g/mol. The Labute approximate surface area is 111 Å². The molecule has 0 spiro atoms. The molecular weight excluding hydrogens is 250 g/mol. The lowest BCUT2D eigenvalue weighted by Crippen LogP contribution is -2.45. The molecule has 4 nitrogen and oxygen atoms in total. The summed E-state index contributed by atoms with van der Waals surface area (Å²) < 4.78 is 0. The molecule has 18 heavy (non-hydrogen) atoms. The number of hydrogen-bond donors (Lipinski definition) is 1. The Morgan fingerprint density at radius 1 is 1.33 bits per heavy atom. The number of fused-ring (bicyclic) bond motifs is 1.